The minimum absolute atomic E-state index is 0.0308. The van der Waals surface area contributed by atoms with Crippen molar-refractivity contribution in [2.45, 2.75) is 66.1 Å². The van der Waals surface area contributed by atoms with Gasteiger partial charge in [-0.3, -0.25) is 4.79 Å². The lowest BCUT2D eigenvalue weighted by Gasteiger charge is -2.32. The van der Waals surface area contributed by atoms with Gasteiger partial charge in [-0.2, -0.15) is 0 Å². The van der Waals surface area contributed by atoms with Crippen LogP contribution < -0.4 is 15.5 Å². The Bertz CT molecular complexity index is 639. The number of anilines is 1. The van der Waals surface area contributed by atoms with E-state index >= 15 is 0 Å². The second kappa shape index (κ2) is 6.65. The first-order chi connectivity index (χ1) is 11.4. The molecule has 1 fully saturated rings. The number of rotatable bonds is 5. The molecule has 0 unspecified atom stereocenters. The summed E-state index contributed by atoms with van der Waals surface area (Å²) in [5, 5.41) is 2.96. The largest absolute Gasteiger partial charge is 0.495 e. The summed E-state index contributed by atoms with van der Waals surface area (Å²) in [5.41, 5.74) is 0.277. The fraction of sp³-hybridized carbons (Fsp3) is 0.632. The van der Waals surface area contributed by atoms with Gasteiger partial charge in [-0.1, -0.05) is 26.8 Å². The van der Waals surface area contributed by atoms with Gasteiger partial charge in [0, 0.05) is 5.41 Å². The molecule has 1 aromatic rings. The Kier molecular flexibility index (Phi) is 5.27. The zero-order valence-electron chi connectivity index (χ0n) is 16.6. The summed E-state index contributed by atoms with van der Waals surface area (Å²) in [7, 11) is 1.12. The quantitative estimate of drug-likeness (QED) is 0.830. The third-order valence-electron chi connectivity index (χ3n) is 5.50. The summed E-state index contributed by atoms with van der Waals surface area (Å²) in [4.78, 5) is 12.4. The van der Waals surface area contributed by atoms with E-state index in [1.165, 1.54) is 0 Å². The average Bonchev–Trinajstić information content (AvgIpc) is 2.75. The normalized spacial score (nSPS) is 19.0. The monoisotopic (exact) mass is 347 g/mol. The van der Waals surface area contributed by atoms with Crippen LogP contribution in [0.4, 0.5) is 5.69 Å². The molecule has 1 amide bonds. The number of carbonyl (C=O) groups is 1. The van der Waals surface area contributed by atoms with Crippen molar-refractivity contribution in [1.29, 1.82) is 0 Å². The molecule has 1 aliphatic rings. The number of carbonyl (C=O) groups excluding carboxylic acids is 1. The molecule has 0 saturated carbocycles. The van der Waals surface area contributed by atoms with Gasteiger partial charge in [-0.05, 0) is 51.7 Å². The maximum absolute atomic E-state index is 12.4. The number of ether oxygens (including phenoxy) is 1. The summed E-state index contributed by atoms with van der Waals surface area (Å²) in [6.07, 6.45) is 0.757. The third-order valence-corrected chi connectivity index (χ3v) is 5.50. The molecule has 1 N–H and O–H groups in total. The molecular weight excluding hydrogens is 317 g/mol. The van der Waals surface area contributed by atoms with Gasteiger partial charge in [0.25, 0.3) is 0 Å². The van der Waals surface area contributed by atoms with E-state index in [-0.39, 0.29) is 5.91 Å². The zero-order valence-corrected chi connectivity index (χ0v) is 16.6. The molecule has 2 rings (SSSR count). The third kappa shape index (κ3) is 3.85. The van der Waals surface area contributed by atoms with Crippen molar-refractivity contribution in [1.82, 2.24) is 0 Å². The SMILES string of the molecule is CCC(C)(C)C(=O)Nc1ccc(B2OC(C)(C)C(C)(C)O2)cc1OC. The number of hydrogen-bond donors (Lipinski definition) is 1. The number of hydrogen-bond acceptors (Lipinski definition) is 4. The first-order valence-corrected chi connectivity index (χ1v) is 8.78. The molecule has 1 heterocycles. The van der Waals surface area contributed by atoms with Gasteiger partial charge in [0.05, 0.1) is 24.0 Å². The van der Waals surface area contributed by atoms with Crippen LogP contribution in [0.15, 0.2) is 18.2 Å². The predicted octanol–water partition coefficient (Wildman–Crippen LogP) is 3.37. The topological polar surface area (TPSA) is 56.8 Å². The second-order valence-corrected chi connectivity index (χ2v) is 8.24. The Balaban J connectivity index is 2.25. The second-order valence-electron chi connectivity index (χ2n) is 8.24. The molecule has 138 valence electrons. The molecule has 0 bridgehead atoms. The molecule has 25 heavy (non-hydrogen) atoms. The van der Waals surface area contributed by atoms with Crippen LogP contribution in [-0.4, -0.2) is 31.3 Å². The van der Waals surface area contributed by atoms with Crippen LogP contribution in [0.1, 0.15) is 54.9 Å². The van der Waals surface area contributed by atoms with Gasteiger partial charge in [0.2, 0.25) is 5.91 Å². The van der Waals surface area contributed by atoms with E-state index in [1.807, 2.05) is 66.7 Å². The van der Waals surface area contributed by atoms with Crippen LogP contribution in [0.25, 0.3) is 0 Å². The molecule has 0 aromatic heterocycles. The van der Waals surface area contributed by atoms with Gasteiger partial charge >= 0.3 is 7.12 Å². The molecule has 1 aromatic carbocycles. The number of nitrogens with one attached hydrogen (secondary N) is 1. The number of benzene rings is 1. The van der Waals surface area contributed by atoms with Crippen molar-refractivity contribution in [2.24, 2.45) is 5.41 Å². The summed E-state index contributed by atoms with van der Waals surface area (Å²) in [6.45, 7) is 13.9. The number of methoxy groups -OCH3 is 1. The lowest BCUT2D eigenvalue weighted by Crippen LogP contribution is -2.41. The average molecular weight is 347 g/mol. The lowest BCUT2D eigenvalue weighted by atomic mass is 9.79. The van der Waals surface area contributed by atoms with Crippen LogP contribution in [0.3, 0.4) is 0 Å². The van der Waals surface area contributed by atoms with Crippen LogP contribution >= 0.6 is 0 Å². The fourth-order valence-corrected chi connectivity index (χ4v) is 2.39. The van der Waals surface area contributed by atoms with Crippen LogP contribution in [0.2, 0.25) is 0 Å². The molecule has 0 radical (unpaired) electrons. The van der Waals surface area contributed by atoms with Crippen molar-refractivity contribution >= 4 is 24.2 Å². The van der Waals surface area contributed by atoms with Gasteiger partial charge in [-0.15, -0.1) is 0 Å². The van der Waals surface area contributed by atoms with E-state index in [0.29, 0.717) is 11.4 Å². The summed E-state index contributed by atoms with van der Waals surface area (Å²) in [6, 6.07) is 5.60. The highest BCUT2D eigenvalue weighted by Crippen LogP contribution is 2.37. The predicted molar refractivity (Wildman–Crippen MR) is 101 cm³/mol. The molecule has 5 nitrogen and oxygen atoms in total. The number of amides is 1. The van der Waals surface area contributed by atoms with Crippen molar-refractivity contribution in [3.8, 4) is 5.75 Å². The Labute approximate surface area is 151 Å². The van der Waals surface area contributed by atoms with Crippen molar-refractivity contribution in [3.05, 3.63) is 18.2 Å². The van der Waals surface area contributed by atoms with Gasteiger partial charge in [-0.25, -0.2) is 0 Å². The first-order valence-electron chi connectivity index (χ1n) is 8.78. The van der Waals surface area contributed by atoms with Gasteiger partial charge in [0.1, 0.15) is 5.75 Å². The Morgan fingerprint density at radius 2 is 1.76 bits per heavy atom. The molecular formula is C19H30BNO4. The van der Waals surface area contributed by atoms with Crippen LogP contribution in [0.5, 0.6) is 5.75 Å². The van der Waals surface area contributed by atoms with E-state index in [0.717, 1.165) is 11.9 Å². The van der Waals surface area contributed by atoms with Gasteiger partial charge in [0.15, 0.2) is 0 Å². The fourth-order valence-electron chi connectivity index (χ4n) is 2.39. The summed E-state index contributed by atoms with van der Waals surface area (Å²) >= 11 is 0. The maximum atomic E-state index is 12.4. The van der Waals surface area contributed by atoms with E-state index in [1.54, 1.807) is 7.11 Å². The molecule has 0 aliphatic carbocycles. The first kappa shape index (κ1) is 19.8. The van der Waals surface area contributed by atoms with Crippen LogP contribution in [0, 0.1) is 5.41 Å². The molecule has 0 atom stereocenters. The van der Waals surface area contributed by atoms with Crippen LogP contribution in [-0.2, 0) is 14.1 Å². The summed E-state index contributed by atoms with van der Waals surface area (Å²) in [5.74, 6) is 0.559. The highest BCUT2D eigenvalue weighted by Gasteiger charge is 2.51. The van der Waals surface area contributed by atoms with Crippen molar-refractivity contribution in [2.75, 3.05) is 12.4 Å². The van der Waals surface area contributed by atoms with E-state index < -0.39 is 23.7 Å². The Morgan fingerprint density at radius 1 is 1.20 bits per heavy atom. The minimum atomic E-state index is -0.462. The Hall–Kier alpha value is -1.53. The molecule has 0 spiro atoms. The van der Waals surface area contributed by atoms with E-state index in [2.05, 4.69) is 5.32 Å². The lowest BCUT2D eigenvalue weighted by molar-refractivity contribution is -0.124. The highest BCUT2D eigenvalue weighted by molar-refractivity contribution is 6.62. The minimum Gasteiger partial charge on any atom is -0.495 e. The van der Waals surface area contributed by atoms with Crippen molar-refractivity contribution < 1.29 is 18.8 Å². The van der Waals surface area contributed by atoms with E-state index in [4.69, 9.17) is 14.0 Å². The maximum Gasteiger partial charge on any atom is 0.494 e. The Morgan fingerprint density at radius 3 is 2.24 bits per heavy atom. The molecule has 6 heteroatoms. The smallest absolute Gasteiger partial charge is 0.494 e. The summed E-state index contributed by atoms with van der Waals surface area (Å²) < 4.78 is 17.6. The van der Waals surface area contributed by atoms with E-state index in [9.17, 15) is 4.79 Å². The van der Waals surface area contributed by atoms with Gasteiger partial charge < -0.3 is 19.4 Å². The molecule has 1 saturated heterocycles. The zero-order chi connectivity index (χ0) is 19.0. The standard InChI is InChI=1S/C19H30BNO4/c1-9-17(2,3)16(22)21-14-11-10-13(12-15(14)23-8)20-24-18(4,5)19(6,7)25-20/h10-12H,9H2,1-8H3,(H,21,22). The highest BCUT2D eigenvalue weighted by atomic mass is 16.7. The van der Waals surface area contributed by atoms with Crippen molar-refractivity contribution in [3.63, 3.8) is 0 Å². The molecule has 1 aliphatic heterocycles.